The van der Waals surface area contributed by atoms with Crippen molar-refractivity contribution in [1.82, 2.24) is 4.90 Å². The van der Waals surface area contributed by atoms with Gasteiger partial charge in [-0.2, -0.15) is 0 Å². The van der Waals surface area contributed by atoms with Crippen molar-refractivity contribution in [2.45, 2.75) is 40.5 Å². The number of carboxylic acids is 1. The number of allylic oxidation sites excluding steroid dienone is 2. The Balaban J connectivity index is 0.00000121. The first-order valence-corrected chi connectivity index (χ1v) is 14.3. The van der Waals surface area contributed by atoms with Crippen molar-refractivity contribution in [3.63, 3.8) is 0 Å². The number of aliphatic carboxylic acids is 1. The predicted octanol–water partition coefficient (Wildman–Crippen LogP) is 7.74. The maximum atomic E-state index is 11.4. The lowest BCUT2D eigenvalue weighted by molar-refractivity contribution is -0.137. The van der Waals surface area contributed by atoms with E-state index in [1.807, 2.05) is 66.4 Å². The number of rotatable bonds is 7. The molecular formula is C25H32INO3S2. The van der Waals surface area contributed by atoms with E-state index in [1.54, 1.807) is 23.3 Å². The molecule has 0 saturated heterocycles. The highest BCUT2D eigenvalue weighted by Crippen LogP contribution is 2.45. The number of benzene rings is 1. The summed E-state index contributed by atoms with van der Waals surface area (Å²) in [5, 5.41) is 9.32. The molecule has 0 aliphatic carbocycles. The molecule has 0 saturated carbocycles. The van der Waals surface area contributed by atoms with E-state index in [0.29, 0.717) is 0 Å². The summed E-state index contributed by atoms with van der Waals surface area (Å²) in [5.41, 5.74) is 6.17. The van der Waals surface area contributed by atoms with E-state index in [-0.39, 0.29) is 6.54 Å². The lowest BCUT2D eigenvalue weighted by atomic mass is 9.94. The standard InChI is InChI=1S/C23H25NO3S.C2H6.HIS/c1-14(2)22-15(3)21-16(4)24(13-20(25)26)12-18(23(21)28-22)11-10-17-8-6-7-9-19(17)27-5;2*1-2/h6-9,12H,1,4,10-11,13H2,2-3,5H3,(H,25,26);1-2H3;2H. The van der Waals surface area contributed by atoms with Crippen molar-refractivity contribution in [3.05, 3.63) is 70.1 Å². The van der Waals surface area contributed by atoms with Gasteiger partial charge in [-0.15, -0.1) is 21.1 Å². The van der Waals surface area contributed by atoms with Gasteiger partial charge in [0.05, 0.1) is 7.11 Å². The second kappa shape index (κ2) is 13.7. The van der Waals surface area contributed by atoms with Crippen LogP contribution in [0.4, 0.5) is 0 Å². The van der Waals surface area contributed by atoms with Gasteiger partial charge >= 0.3 is 5.97 Å². The number of fused-ring (bicyclic) bond motifs is 1. The van der Waals surface area contributed by atoms with Crippen LogP contribution in [0.2, 0.25) is 0 Å². The predicted molar refractivity (Wildman–Crippen MR) is 151 cm³/mol. The molecule has 0 radical (unpaired) electrons. The van der Waals surface area contributed by atoms with Crippen LogP contribution < -0.4 is 4.74 Å². The van der Waals surface area contributed by atoms with E-state index in [2.05, 4.69) is 35.9 Å². The van der Waals surface area contributed by atoms with Gasteiger partial charge < -0.3 is 14.7 Å². The van der Waals surface area contributed by atoms with Crippen LogP contribution >= 0.6 is 42.3 Å². The van der Waals surface area contributed by atoms with Gasteiger partial charge in [0.25, 0.3) is 0 Å². The first-order valence-electron chi connectivity index (χ1n) is 10.3. The Morgan fingerprint density at radius 2 is 1.88 bits per heavy atom. The number of carbonyl (C=O) groups is 1. The molecule has 4 nitrogen and oxygen atoms in total. The Kier molecular flexibility index (Phi) is 12.2. The molecule has 0 bridgehead atoms. The van der Waals surface area contributed by atoms with E-state index in [9.17, 15) is 9.90 Å². The van der Waals surface area contributed by atoms with Crippen molar-refractivity contribution in [1.29, 1.82) is 0 Å². The number of thiophene rings is 1. The third-order valence-electron chi connectivity index (χ3n) is 4.93. The van der Waals surface area contributed by atoms with Crippen LogP contribution in [0, 0.1) is 6.92 Å². The number of para-hydroxylation sites is 1. The zero-order chi connectivity index (χ0) is 24.4. The molecule has 0 fully saturated rings. The van der Waals surface area contributed by atoms with Gasteiger partial charge in [-0.1, -0.05) is 45.2 Å². The van der Waals surface area contributed by atoms with Gasteiger partial charge in [-0.25, -0.2) is 0 Å². The van der Waals surface area contributed by atoms with Gasteiger partial charge in [0, 0.05) is 27.2 Å². The van der Waals surface area contributed by atoms with Gasteiger partial charge in [-0.05, 0) is 76.2 Å². The fraction of sp³-hybridized carbons (Fsp3) is 0.320. The summed E-state index contributed by atoms with van der Waals surface area (Å²) in [6, 6.07) is 7.99. The van der Waals surface area contributed by atoms with E-state index in [0.717, 1.165) is 61.9 Å². The molecule has 0 spiro atoms. The number of carboxylic acid groups (broad SMARTS) is 1. The molecule has 1 aromatic heterocycles. The molecule has 1 aliphatic rings. The molecule has 1 aliphatic heterocycles. The molecule has 0 amide bonds. The van der Waals surface area contributed by atoms with Crippen LogP contribution in [0.3, 0.4) is 0 Å². The van der Waals surface area contributed by atoms with E-state index in [1.165, 1.54) is 0 Å². The second-order valence-electron chi connectivity index (χ2n) is 6.98. The number of halogens is 1. The number of thiol groups is 1. The van der Waals surface area contributed by atoms with Gasteiger partial charge in [0.15, 0.2) is 0 Å². The maximum absolute atomic E-state index is 11.4. The first-order chi connectivity index (χ1) is 15.3. The minimum absolute atomic E-state index is 0.103. The highest BCUT2D eigenvalue weighted by molar-refractivity contribution is 14.2. The molecule has 2 heterocycles. The number of aryl methyl sites for hydroxylation is 1. The van der Waals surface area contributed by atoms with Crippen molar-refractivity contribution in [2.75, 3.05) is 13.7 Å². The SMILES string of the molecule is C=C(C)c1sc2c(c1C)C(=C)N(CC(=O)O)C=C2CCc1ccccc1OC.CC.SI. The Morgan fingerprint density at radius 3 is 2.44 bits per heavy atom. The number of hydrogen-bond acceptors (Lipinski definition) is 5. The lowest BCUT2D eigenvalue weighted by Gasteiger charge is -2.28. The molecule has 2 aromatic rings. The van der Waals surface area contributed by atoms with Crippen molar-refractivity contribution >= 4 is 65.2 Å². The van der Waals surface area contributed by atoms with Crippen molar-refractivity contribution in [2.24, 2.45) is 0 Å². The Morgan fingerprint density at radius 1 is 1.25 bits per heavy atom. The number of methoxy groups -OCH3 is 1. The summed E-state index contributed by atoms with van der Waals surface area (Å²) in [4.78, 5) is 15.4. The van der Waals surface area contributed by atoms with Crippen LogP contribution in [0.1, 0.15) is 53.6 Å². The minimum Gasteiger partial charge on any atom is -0.496 e. The van der Waals surface area contributed by atoms with Crippen LogP contribution in [-0.2, 0) is 11.2 Å². The summed E-state index contributed by atoms with van der Waals surface area (Å²) < 4.78 is 5.47. The highest BCUT2D eigenvalue weighted by atomic mass is 127. The molecule has 3 rings (SSSR count). The van der Waals surface area contributed by atoms with Gasteiger partial charge in [0.2, 0.25) is 0 Å². The number of ether oxygens (including phenoxy) is 1. The number of nitrogens with zero attached hydrogens (tertiary/aromatic N) is 1. The smallest absolute Gasteiger partial charge is 0.323 e. The van der Waals surface area contributed by atoms with Crippen molar-refractivity contribution < 1.29 is 14.6 Å². The first kappa shape index (κ1) is 28.3. The summed E-state index contributed by atoms with van der Waals surface area (Å²) >= 11 is 3.56. The zero-order valence-electron chi connectivity index (χ0n) is 19.4. The molecular weight excluding hydrogens is 553 g/mol. The van der Waals surface area contributed by atoms with Gasteiger partial charge in [0.1, 0.15) is 12.3 Å². The molecule has 7 heteroatoms. The van der Waals surface area contributed by atoms with E-state index >= 15 is 0 Å². The quantitative estimate of drug-likeness (QED) is 0.258. The third kappa shape index (κ3) is 6.65. The molecule has 0 atom stereocenters. The molecule has 32 heavy (non-hydrogen) atoms. The Bertz CT molecular complexity index is 995. The van der Waals surface area contributed by atoms with Gasteiger partial charge in [-0.3, -0.25) is 4.79 Å². The summed E-state index contributed by atoms with van der Waals surface area (Å²) in [7, 11) is 5.18. The topological polar surface area (TPSA) is 49.8 Å². The van der Waals surface area contributed by atoms with E-state index in [4.69, 9.17) is 4.74 Å². The summed E-state index contributed by atoms with van der Waals surface area (Å²) in [6.07, 6.45) is 3.53. The minimum atomic E-state index is -0.877. The Hall–Kier alpha value is -1.71. The molecule has 174 valence electrons. The van der Waals surface area contributed by atoms with Crippen LogP contribution in [-0.4, -0.2) is 29.6 Å². The summed E-state index contributed by atoms with van der Waals surface area (Å²) in [6.45, 7) is 16.2. The lowest BCUT2D eigenvalue weighted by Crippen LogP contribution is -2.26. The zero-order valence-corrected chi connectivity index (χ0v) is 23.2. The van der Waals surface area contributed by atoms with Crippen LogP contribution in [0.15, 0.2) is 43.6 Å². The fourth-order valence-corrected chi connectivity index (χ4v) is 4.90. The average molecular weight is 586 g/mol. The Labute approximate surface area is 213 Å². The van der Waals surface area contributed by atoms with E-state index < -0.39 is 5.97 Å². The highest BCUT2D eigenvalue weighted by Gasteiger charge is 2.28. The normalized spacial score (nSPS) is 11.9. The largest absolute Gasteiger partial charge is 0.496 e. The third-order valence-corrected chi connectivity index (χ3v) is 6.46. The monoisotopic (exact) mass is 585 g/mol. The molecule has 1 aromatic carbocycles. The average Bonchev–Trinajstić information content (AvgIpc) is 3.15. The van der Waals surface area contributed by atoms with Crippen molar-refractivity contribution in [3.8, 4) is 5.75 Å². The van der Waals surface area contributed by atoms with Crippen LogP contribution in [0.25, 0.3) is 16.8 Å². The summed E-state index contributed by atoms with van der Waals surface area (Å²) in [5.74, 6) is -0.00569. The molecule has 0 unspecified atom stereocenters. The number of hydrogen-bond donors (Lipinski definition) is 2. The van der Waals surface area contributed by atoms with Crippen LogP contribution in [0.5, 0.6) is 5.75 Å². The second-order valence-corrected chi connectivity index (χ2v) is 8.00. The fourth-order valence-electron chi connectivity index (χ4n) is 3.61. The maximum Gasteiger partial charge on any atom is 0.323 e. The molecule has 1 N–H and O–H groups in total.